The van der Waals surface area contributed by atoms with E-state index in [0.717, 1.165) is 29.2 Å². The number of amides is 2. The van der Waals surface area contributed by atoms with E-state index in [1.54, 1.807) is 0 Å². The maximum Gasteiger partial charge on any atom is 0.277 e. The third-order valence-electron chi connectivity index (χ3n) is 2.91. The first-order valence-corrected chi connectivity index (χ1v) is 6.58. The van der Waals surface area contributed by atoms with Crippen LogP contribution in [0.1, 0.15) is 0 Å². The first-order chi connectivity index (χ1) is 10.9. The van der Waals surface area contributed by atoms with Crippen LogP contribution in [0.25, 0.3) is 0 Å². The number of β-amino-alcohol motifs (C(OH)–C–C–N with tert-alkyl or cyclic N) is 1. The van der Waals surface area contributed by atoms with Gasteiger partial charge in [-0.15, -0.1) is 0 Å². The molecule has 0 bridgehead atoms. The average Bonchev–Trinajstić information content (AvgIpc) is 2.74. The van der Waals surface area contributed by atoms with E-state index in [9.17, 15) is 22.8 Å². The molecule has 1 aromatic rings. The lowest BCUT2D eigenvalue weighted by Crippen LogP contribution is -2.34. The Bertz CT molecular complexity index is 649. The average molecular weight is 330 g/mol. The number of imide groups is 1. The van der Waals surface area contributed by atoms with Crippen molar-refractivity contribution >= 4 is 17.5 Å². The third-order valence-corrected chi connectivity index (χ3v) is 2.91. The highest BCUT2D eigenvalue weighted by Crippen LogP contribution is 2.28. The van der Waals surface area contributed by atoms with Crippen molar-refractivity contribution in [3.05, 3.63) is 35.8 Å². The van der Waals surface area contributed by atoms with Gasteiger partial charge in [-0.2, -0.15) is 0 Å². The number of hydrogen-bond acceptors (Lipinski definition) is 5. The number of aliphatic hydroxyl groups is 1. The number of rotatable bonds is 7. The van der Waals surface area contributed by atoms with Crippen molar-refractivity contribution < 1.29 is 32.6 Å². The monoisotopic (exact) mass is 330 g/mol. The summed E-state index contributed by atoms with van der Waals surface area (Å²) in [6.45, 7) is -1.48. The molecule has 0 aromatic heterocycles. The Labute approximate surface area is 129 Å². The van der Waals surface area contributed by atoms with Gasteiger partial charge in [0.25, 0.3) is 18.2 Å². The zero-order valence-electron chi connectivity index (χ0n) is 11.8. The molecule has 0 unspecified atom stereocenters. The lowest BCUT2D eigenvalue weighted by Gasteiger charge is -2.15. The molecule has 1 aliphatic rings. The minimum atomic E-state index is -2.72. The Morgan fingerprint density at radius 1 is 1.30 bits per heavy atom. The smallest absolute Gasteiger partial charge is 0.277 e. The second kappa shape index (κ2) is 7.14. The molecule has 0 saturated heterocycles. The molecule has 0 aliphatic carbocycles. The predicted octanol–water partition coefficient (Wildman–Crippen LogP) is 1.13. The van der Waals surface area contributed by atoms with E-state index in [2.05, 4.69) is 5.32 Å². The number of benzene rings is 1. The Balaban J connectivity index is 2.19. The summed E-state index contributed by atoms with van der Waals surface area (Å²) < 4.78 is 42.6. The highest BCUT2D eigenvalue weighted by molar-refractivity contribution is 6.17. The number of anilines is 1. The summed E-state index contributed by atoms with van der Waals surface area (Å²) in [5.41, 5.74) is -0.236. The molecule has 124 valence electrons. The van der Waals surface area contributed by atoms with E-state index in [1.807, 2.05) is 0 Å². The van der Waals surface area contributed by atoms with Crippen LogP contribution in [0.4, 0.5) is 18.9 Å². The zero-order valence-corrected chi connectivity index (χ0v) is 11.8. The van der Waals surface area contributed by atoms with E-state index in [1.165, 1.54) is 0 Å². The Hall–Kier alpha value is -2.55. The van der Waals surface area contributed by atoms with Gasteiger partial charge in [-0.1, -0.05) is 0 Å². The molecule has 0 saturated carbocycles. The topological polar surface area (TPSA) is 78.9 Å². The maximum atomic E-state index is 13.3. The van der Waals surface area contributed by atoms with Gasteiger partial charge in [0.15, 0.2) is 0 Å². The SMILES string of the molecule is O=C1C=C(Nc2cc(F)ccc2OCC(F)F)C(=O)N1CCO. The summed E-state index contributed by atoms with van der Waals surface area (Å²) in [7, 11) is 0. The van der Waals surface area contributed by atoms with Crippen LogP contribution in [-0.4, -0.2) is 48.0 Å². The van der Waals surface area contributed by atoms with Crippen LogP contribution in [0.5, 0.6) is 5.75 Å². The lowest BCUT2D eigenvalue weighted by molar-refractivity contribution is -0.137. The molecular weight excluding hydrogens is 317 g/mol. The van der Waals surface area contributed by atoms with E-state index in [-0.39, 0.29) is 23.7 Å². The van der Waals surface area contributed by atoms with Crippen molar-refractivity contribution in [1.82, 2.24) is 4.90 Å². The third kappa shape index (κ3) is 4.01. The lowest BCUT2D eigenvalue weighted by atomic mass is 10.2. The molecule has 2 rings (SSSR count). The quantitative estimate of drug-likeness (QED) is 0.733. The number of carbonyl (C=O) groups is 2. The van der Waals surface area contributed by atoms with Crippen molar-refractivity contribution in [2.24, 2.45) is 0 Å². The molecule has 2 N–H and O–H groups in total. The molecule has 6 nitrogen and oxygen atoms in total. The first-order valence-electron chi connectivity index (χ1n) is 6.58. The van der Waals surface area contributed by atoms with Gasteiger partial charge in [0.05, 0.1) is 18.8 Å². The van der Waals surface area contributed by atoms with E-state index in [4.69, 9.17) is 9.84 Å². The highest BCUT2D eigenvalue weighted by atomic mass is 19.3. The largest absolute Gasteiger partial charge is 0.485 e. The summed E-state index contributed by atoms with van der Waals surface area (Å²) in [6.07, 6.45) is -1.75. The number of carbonyl (C=O) groups excluding carboxylic acids is 2. The molecule has 1 aromatic carbocycles. The van der Waals surface area contributed by atoms with E-state index < -0.39 is 37.3 Å². The van der Waals surface area contributed by atoms with Crippen LogP contribution in [0.3, 0.4) is 0 Å². The molecule has 0 spiro atoms. The predicted molar refractivity (Wildman–Crippen MR) is 73.4 cm³/mol. The molecule has 1 aliphatic heterocycles. The fourth-order valence-electron chi connectivity index (χ4n) is 1.93. The summed E-state index contributed by atoms with van der Waals surface area (Å²) in [5, 5.41) is 11.3. The van der Waals surface area contributed by atoms with Gasteiger partial charge in [-0.05, 0) is 12.1 Å². The molecule has 9 heteroatoms. The summed E-state index contributed by atoms with van der Waals surface area (Å²) >= 11 is 0. The second-order valence-electron chi connectivity index (χ2n) is 4.54. The fraction of sp³-hybridized carbons (Fsp3) is 0.286. The maximum absolute atomic E-state index is 13.3. The summed E-state index contributed by atoms with van der Waals surface area (Å²) in [4.78, 5) is 24.4. The van der Waals surface area contributed by atoms with Crippen molar-refractivity contribution in [3.63, 3.8) is 0 Å². The van der Waals surface area contributed by atoms with E-state index >= 15 is 0 Å². The van der Waals surface area contributed by atoms with Crippen LogP contribution >= 0.6 is 0 Å². The number of alkyl halides is 2. The van der Waals surface area contributed by atoms with E-state index in [0.29, 0.717) is 0 Å². The Morgan fingerprint density at radius 3 is 2.70 bits per heavy atom. The van der Waals surface area contributed by atoms with Crippen molar-refractivity contribution in [3.8, 4) is 5.75 Å². The molecule has 23 heavy (non-hydrogen) atoms. The van der Waals surface area contributed by atoms with Gasteiger partial charge in [0.2, 0.25) is 0 Å². The van der Waals surface area contributed by atoms with Gasteiger partial charge >= 0.3 is 0 Å². The van der Waals surface area contributed by atoms with Crippen LogP contribution in [-0.2, 0) is 9.59 Å². The molecule has 2 amide bonds. The molecule has 0 atom stereocenters. The number of nitrogens with one attached hydrogen (secondary N) is 1. The standard InChI is InChI=1S/C14H13F3N2O4/c15-8-1-2-11(23-7-12(16)17)9(5-8)18-10-6-13(21)19(3-4-20)14(10)22/h1-2,5-6,12,18,20H,3-4,7H2. The van der Waals surface area contributed by atoms with Crippen molar-refractivity contribution in [2.75, 3.05) is 25.1 Å². The number of ether oxygens (including phenoxy) is 1. The second-order valence-corrected chi connectivity index (χ2v) is 4.54. The number of nitrogens with zero attached hydrogens (tertiary/aromatic N) is 1. The summed E-state index contributed by atoms with van der Waals surface area (Å²) in [5.74, 6) is -2.12. The van der Waals surface area contributed by atoms with Crippen molar-refractivity contribution in [2.45, 2.75) is 6.43 Å². The molecule has 0 radical (unpaired) electrons. The van der Waals surface area contributed by atoms with Crippen LogP contribution in [0.15, 0.2) is 30.0 Å². The fourth-order valence-corrected chi connectivity index (χ4v) is 1.93. The normalized spacial score (nSPS) is 14.5. The van der Waals surface area contributed by atoms with Crippen LogP contribution in [0.2, 0.25) is 0 Å². The van der Waals surface area contributed by atoms with Crippen molar-refractivity contribution in [1.29, 1.82) is 0 Å². The molecule has 1 heterocycles. The molecule has 0 fully saturated rings. The van der Waals surface area contributed by atoms with Gasteiger partial charge in [0.1, 0.15) is 23.9 Å². The first kappa shape index (κ1) is 16.8. The summed E-state index contributed by atoms with van der Waals surface area (Å²) in [6, 6.07) is 3.10. The minimum absolute atomic E-state index is 0.0658. The Kier molecular flexibility index (Phi) is 5.22. The zero-order chi connectivity index (χ0) is 17.0. The van der Waals surface area contributed by atoms with Gasteiger partial charge in [-0.25, -0.2) is 13.2 Å². The minimum Gasteiger partial charge on any atom is -0.485 e. The number of hydrogen-bond donors (Lipinski definition) is 2. The number of aliphatic hydroxyl groups excluding tert-OH is 1. The highest BCUT2D eigenvalue weighted by Gasteiger charge is 2.31. The van der Waals surface area contributed by atoms with Crippen LogP contribution in [0, 0.1) is 5.82 Å². The van der Waals surface area contributed by atoms with Gasteiger partial charge < -0.3 is 15.2 Å². The Morgan fingerprint density at radius 2 is 2.04 bits per heavy atom. The molecular formula is C14H13F3N2O4. The van der Waals surface area contributed by atoms with Gasteiger partial charge in [-0.3, -0.25) is 14.5 Å². The van der Waals surface area contributed by atoms with Gasteiger partial charge in [0, 0.05) is 12.1 Å². The number of halogens is 3. The van der Waals surface area contributed by atoms with Crippen LogP contribution < -0.4 is 10.1 Å².